The van der Waals surface area contributed by atoms with E-state index in [1.807, 2.05) is 26.0 Å². The monoisotopic (exact) mass is 344 g/mol. The number of ether oxygens (including phenoxy) is 2. The van der Waals surface area contributed by atoms with Gasteiger partial charge >= 0.3 is 5.97 Å². The summed E-state index contributed by atoms with van der Waals surface area (Å²) in [6.07, 6.45) is 0.423. The summed E-state index contributed by atoms with van der Waals surface area (Å²) in [6.45, 7) is 7.27. The van der Waals surface area contributed by atoms with Crippen LogP contribution in [0.3, 0.4) is 0 Å². The maximum atomic E-state index is 11.3. The molecule has 1 aromatic carbocycles. The molecule has 4 nitrogen and oxygen atoms in total. The first-order valence-corrected chi connectivity index (χ1v) is 7.23. The topological polar surface area (TPSA) is 55.8 Å². The fourth-order valence-electron chi connectivity index (χ4n) is 1.77. The van der Waals surface area contributed by atoms with Crippen molar-refractivity contribution in [3.63, 3.8) is 0 Å². The third-order valence-electron chi connectivity index (χ3n) is 2.91. The van der Waals surface area contributed by atoms with Crippen molar-refractivity contribution in [2.45, 2.75) is 40.2 Å². The minimum atomic E-state index is -0.841. The summed E-state index contributed by atoms with van der Waals surface area (Å²) in [6, 6.07) is 3.65. The van der Waals surface area contributed by atoms with Crippen LogP contribution in [-0.4, -0.2) is 24.3 Å². The van der Waals surface area contributed by atoms with Gasteiger partial charge in [-0.2, -0.15) is 0 Å². The molecule has 0 aliphatic rings. The Balaban J connectivity index is 3.17. The van der Waals surface area contributed by atoms with Gasteiger partial charge in [0.25, 0.3) is 0 Å². The van der Waals surface area contributed by atoms with Crippen molar-refractivity contribution in [2.24, 2.45) is 5.41 Å². The summed E-state index contributed by atoms with van der Waals surface area (Å²) in [5.74, 6) is 0.427. The highest BCUT2D eigenvalue weighted by molar-refractivity contribution is 9.10. The molecule has 0 spiro atoms. The zero-order chi connectivity index (χ0) is 15.5. The number of benzene rings is 1. The number of rotatable bonds is 6. The van der Waals surface area contributed by atoms with Gasteiger partial charge in [-0.15, -0.1) is 0 Å². The molecule has 0 atom stereocenters. The molecule has 0 bridgehead atoms. The molecule has 20 heavy (non-hydrogen) atoms. The number of carboxylic acid groups (broad SMARTS) is 1. The number of methoxy groups -OCH3 is 1. The van der Waals surface area contributed by atoms with Gasteiger partial charge in [0.15, 0.2) is 11.5 Å². The van der Waals surface area contributed by atoms with E-state index in [9.17, 15) is 9.90 Å². The van der Waals surface area contributed by atoms with Crippen LogP contribution in [0.5, 0.6) is 11.5 Å². The van der Waals surface area contributed by atoms with Gasteiger partial charge in [0.05, 0.1) is 18.6 Å². The SMILES string of the molecule is COc1cc(Br)c(CC(C)(C)C(=O)O)cc1OC(C)C. The third kappa shape index (κ3) is 4.13. The van der Waals surface area contributed by atoms with Crippen LogP contribution in [0.1, 0.15) is 33.3 Å². The number of hydrogen-bond donors (Lipinski definition) is 1. The molecule has 1 aromatic rings. The Morgan fingerprint density at radius 3 is 2.40 bits per heavy atom. The summed E-state index contributed by atoms with van der Waals surface area (Å²) in [7, 11) is 1.58. The number of carboxylic acids is 1. The third-order valence-corrected chi connectivity index (χ3v) is 3.64. The summed E-state index contributed by atoms with van der Waals surface area (Å²) < 4.78 is 11.8. The molecule has 0 fully saturated rings. The van der Waals surface area contributed by atoms with Crippen molar-refractivity contribution < 1.29 is 19.4 Å². The Bertz CT molecular complexity index is 495. The quantitative estimate of drug-likeness (QED) is 0.850. The number of aliphatic carboxylic acids is 1. The van der Waals surface area contributed by atoms with E-state index < -0.39 is 11.4 Å². The van der Waals surface area contributed by atoms with Gasteiger partial charge in [-0.05, 0) is 51.8 Å². The molecule has 0 saturated carbocycles. The second-order valence-electron chi connectivity index (χ2n) is 5.63. The van der Waals surface area contributed by atoms with Crippen LogP contribution in [-0.2, 0) is 11.2 Å². The molecule has 0 aliphatic carbocycles. The summed E-state index contributed by atoms with van der Waals surface area (Å²) in [5.41, 5.74) is 0.0421. The minimum Gasteiger partial charge on any atom is -0.493 e. The first-order chi connectivity index (χ1) is 9.17. The fraction of sp³-hybridized carbons (Fsp3) is 0.533. The van der Waals surface area contributed by atoms with Gasteiger partial charge in [-0.1, -0.05) is 15.9 Å². The van der Waals surface area contributed by atoms with Crippen molar-refractivity contribution in [1.29, 1.82) is 0 Å². The molecule has 0 aromatic heterocycles. The Kier molecular flexibility index (Phi) is 5.45. The lowest BCUT2D eigenvalue weighted by atomic mass is 9.86. The van der Waals surface area contributed by atoms with Crippen LogP contribution >= 0.6 is 15.9 Å². The molecule has 0 radical (unpaired) electrons. The van der Waals surface area contributed by atoms with Crippen molar-refractivity contribution in [3.8, 4) is 11.5 Å². The smallest absolute Gasteiger partial charge is 0.309 e. The molecular formula is C15H21BrO4. The molecule has 5 heteroatoms. The van der Waals surface area contributed by atoms with Gasteiger partial charge in [-0.25, -0.2) is 0 Å². The van der Waals surface area contributed by atoms with Crippen LogP contribution < -0.4 is 9.47 Å². The molecule has 1 N–H and O–H groups in total. The van der Waals surface area contributed by atoms with Crippen LogP contribution in [0, 0.1) is 5.41 Å². The Labute approximate surface area is 128 Å². The molecule has 0 heterocycles. The van der Waals surface area contributed by atoms with E-state index in [0.29, 0.717) is 17.9 Å². The number of halogens is 1. The van der Waals surface area contributed by atoms with Crippen molar-refractivity contribution >= 4 is 21.9 Å². The average Bonchev–Trinajstić information content (AvgIpc) is 2.31. The molecule has 0 aliphatic heterocycles. The van der Waals surface area contributed by atoms with Gasteiger partial charge in [0.2, 0.25) is 0 Å². The van der Waals surface area contributed by atoms with Crippen LogP contribution in [0.2, 0.25) is 0 Å². The van der Waals surface area contributed by atoms with Gasteiger partial charge in [-0.3, -0.25) is 4.79 Å². The zero-order valence-corrected chi connectivity index (χ0v) is 14.1. The Hall–Kier alpha value is -1.23. The van der Waals surface area contributed by atoms with Crippen molar-refractivity contribution in [1.82, 2.24) is 0 Å². The second kappa shape index (κ2) is 6.48. The molecule has 0 saturated heterocycles. The number of hydrogen-bond acceptors (Lipinski definition) is 3. The zero-order valence-electron chi connectivity index (χ0n) is 12.5. The fourth-order valence-corrected chi connectivity index (χ4v) is 2.23. The minimum absolute atomic E-state index is 0.0189. The normalized spacial score (nSPS) is 11.6. The summed E-state index contributed by atoms with van der Waals surface area (Å²) in [5, 5.41) is 9.24. The van der Waals surface area contributed by atoms with E-state index in [2.05, 4.69) is 15.9 Å². The molecule has 0 unspecified atom stereocenters. The lowest BCUT2D eigenvalue weighted by molar-refractivity contribution is -0.146. The van der Waals surface area contributed by atoms with Crippen molar-refractivity contribution in [3.05, 3.63) is 22.2 Å². The predicted molar refractivity (Wildman–Crippen MR) is 81.6 cm³/mol. The van der Waals surface area contributed by atoms with E-state index in [1.54, 1.807) is 21.0 Å². The van der Waals surface area contributed by atoms with E-state index >= 15 is 0 Å². The van der Waals surface area contributed by atoms with E-state index in [-0.39, 0.29) is 6.10 Å². The van der Waals surface area contributed by atoms with Crippen LogP contribution in [0.4, 0.5) is 0 Å². The average molecular weight is 345 g/mol. The van der Waals surface area contributed by atoms with Crippen LogP contribution in [0.15, 0.2) is 16.6 Å². The lowest BCUT2D eigenvalue weighted by Crippen LogP contribution is -2.26. The lowest BCUT2D eigenvalue weighted by Gasteiger charge is -2.21. The predicted octanol–water partition coefficient (Wildman–Crippen LogP) is 3.90. The maximum absolute atomic E-state index is 11.3. The maximum Gasteiger partial charge on any atom is 0.309 e. The molecular weight excluding hydrogens is 324 g/mol. The summed E-state index contributed by atoms with van der Waals surface area (Å²) in [4.78, 5) is 11.3. The van der Waals surface area contributed by atoms with Gasteiger partial charge in [0.1, 0.15) is 0 Å². The molecule has 1 rings (SSSR count). The van der Waals surface area contributed by atoms with E-state index in [1.165, 1.54) is 0 Å². The molecule has 112 valence electrons. The Morgan fingerprint density at radius 1 is 1.35 bits per heavy atom. The highest BCUT2D eigenvalue weighted by Gasteiger charge is 2.29. The van der Waals surface area contributed by atoms with Gasteiger partial charge < -0.3 is 14.6 Å². The van der Waals surface area contributed by atoms with Gasteiger partial charge in [0, 0.05) is 4.47 Å². The molecule has 0 amide bonds. The highest BCUT2D eigenvalue weighted by Crippen LogP contribution is 2.37. The Morgan fingerprint density at radius 2 is 1.95 bits per heavy atom. The first kappa shape index (κ1) is 16.8. The second-order valence-corrected chi connectivity index (χ2v) is 6.48. The standard InChI is InChI=1S/C15H21BrO4/c1-9(2)20-13-6-10(8-15(3,4)14(17)18)11(16)7-12(13)19-5/h6-7,9H,8H2,1-5H3,(H,17,18). The largest absolute Gasteiger partial charge is 0.493 e. The van der Waals surface area contributed by atoms with E-state index in [4.69, 9.17) is 9.47 Å². The van der Waals surface area contributed by atoms with Crippen molar-refractivity contribution in [2.75, 3.05) is 7.11 Å². The highest BCUT2D eigenvalue weighted by atomic mass is 79.9. The first-order valence-electron chi connectivity index (χ1n) is 6.44. The number of carbonyl (C=O) groups is 1. The summed E-state index contributed by atoms with van der Waals surface area (Å²) >= 11 is 3.46. The van der Waals surface area contributed by atoms with Crippen LogP contribution in [0.25, 0.3) is 0 Å². The van der Waals surface area contributed by atoms with E-state index in [0.717, 1.165) is 10.0 Å².